The Morgan fingerprint density at radius 1 is 1.50 bits per heavy atom. The topological polar surface area (TPSA) is 38.7 Å². The van der Waals surface area contributed by atoms with Gasteiger partial charge in [-0.25, -0.2) is 0 Å². The summed E-state index contributed by atoms with van der Waals surface area (Å²) in [4.78, 5) is 0. The molecule has 16 heavy (non-hydrogen) atoms. The Labute approximate surface area is 96.0 Å². The second-order valence-corrected chi connectivity index (χ2v) is 4.55. The molecule has 3 nitrogen and oxygen atoms in total. The van der Waals surface area contributed by atoms with Crippen LogP contribution in [0, 0.1) is 0 Å². The third-order valence-electron chi connectivity index (χ3n) is 3.09. The summed E-state index contributed by atoms with van der Waals surface area (Å²) in [5.74, 6) is 0.792. The molecule has 0 amide bonds. The molecule has 0 radical (unpaired) electrons. The Bertz CT molecular complexity index is 364. The van der Waals surface area contributed by atoms with Crippen LogP contribution in [-0.2, 0) is 4.74 Å². The van der Waals surface area contributed by atoms with Gasteiger partial charge in [-0.05, 0) is 13.0 Å². The lowest BCUT2D eigenvalue weighted by molar-refractivity contribution is -0.0202. The van der Waals surface area contributed by atoms with Gasteiger partial charge in [0.05, 0.1) is 6.10 Å². The van der Waals surface area contributed by atoms with Crippen LogP contribution < -0.4 is 4.74 Å². The molecule has 2 atom stereocenters. The van der Waals surface area contributed by atoms with Crippen LogP contribution in [0.1, 0.15) is 31.4 Å². The summed E-state index contributed by atoms with van der Waals surface area (Å²) in [6.07, 6.45) is 0.967. The van der Waals surface area contributed by atoms with E-state index in [0.717, 1.165) is 17.7 Å². The molecule has 0 aliphatic carbocycles. The number of ether oxygens (including phenoxy) is 2. The smallest absolute Gasteiger partial charge is 0.125 e. The van der Waals surface area contributed by atoms with Crippen LogP contribution >= 0.6 is 0 Å². The zero-order valence-electron chi connectivity index (χ0n) is 9.77. The summed E-state index contributed by atoms with van der Waals surface area (Å²) in [6, 6.07) is 7.66. The summed E-state index contributed by atoms with van der Waals surface area (Å²) in [7, 11) is 1.68. The molecule has 1 aliphatic heterocycles. The van der Waals surface area contributed by atoms with E-state index in [0.29, 0.717) is 13.0 Å². The van der Waals surface area contributed by atoms with Gasteiger partial charge in [-0.2, -0.15) is 0 Å². The molecule has 1 unspecified atom stereocenters. The molecule has 1 aliphatic rings. The predicted molar refractivity (Wildman–Crippen MR) is 61.5 cm³/mol. The number of aliphatic hydroxyl groups is 1. The maximum Gasteiger partial charge on any atom is 0.125 e. The average Bonchev–Trinajstić information content (AvgIpc) is 2.26. The molecule has 88 valence electrons. The zero-order valence-corrected chi connectivity index (χ0v) is 9.77. The van der Waals surface area contributed by atoms with E-state index in [2.05, 4.69) is 0 Å². The fourth-order valence-electron chi connectivity index (χ4n) is 2.15. The van der Waals surface area contributed by atoms with Crippen molar-refractivity contribution in [2.45, 2.75) is 31.5 Å². The molecule has 1 N–H and O–H groups in total. The van der Waals surface area contributed by atoms with Crippen molar-refractivity contribution in [2.75, 3.05) is 13.7 Å². The molecule has 0 aromatic heterocycles. The number of rotatable bonds is 3. The van der Waals surface area contributed by atoms with Gasteiger partial charge in [0.2, 0.25) is 0 Å². The molecule has 2 rings (SSSR count). The first kappa shape index (κ1) is 11.4. The van der Waals surface area contributed by atoms with E-state index in [9.17, 15) is 5.11 Å². The fraction of sp³-hybridized carbons (Fsp3) is 0.538. The first-order chi connectivity index (χ1) is 7.64. The quantitative estimate of drug-likeness (QED) is 0.852. The molecule has 1 aromatic carbocycles. The van der Waals surface area contributed by atoms with Gasteiger partial charge in [0.15, 0.2) is 0 Å². The Balaban J connectivity index is 2.20. The summed E-state index contributed by atoms with van der Waals surface area (Å²) in [5, 5.41) is 10.1. The van der Waals surface area contributed by atoms with Gasteiger partial charge in [-0.3, -0.25) is 0 Å². The van der Waals surface area contributed by atoms with Gasteiger partial charge in [-0.15, -0.1) is 0 Å². The number of aliphatic hydroxyl groups excluding tert-OH is 1. The third kappa shape index (κ3) is 2.20. The average molecular weight is 222 g/mol. The van der Waals surface area contributed by atoms with Crippen molar-refractivity contribution in [3.63, 3.8) is 0 Å². The van der Waals surface area contributed by atoms with Crippen LogP contribution in [0.2, 0.25) is 0 Å². The summed E-state index contributed by atoms with van der Waals surface area (Å²) in [5.41, 5.74) is 0.557. The predicted octanol–water partition coefficient (Wildman–Crippen LogP) is 2.30. The van der Waals surface area contributed by atoms with E-state index >= 15 is 0 Å². The standard InChI is InChI=1S/C13H18O3/c1-13(7-8-15-2)9-11(14)10-5-3-4-6-12(10)16-13/h3-6,11,14H,7-9H2,1-2H3/t11-,13?/m0/s1. The largest absolute Gasteiger partial charge is 0.487 e. The van der Waals surface area contributed by atoms with Gasteiger partial charge < -0.3 is 14.6 Å². The van der Waals surface area contributed by atoms with Gasteiger partial charge in [0.25, 0.3) is 0 Å². The number of para-hydroxylation sites is 1. The van der Waals surface area contributed by atoms with Crippen LogP contribution in [0.5, 0.6) is 5.75 Å². The molecule has 0 saturated carbocycles. The van der Waals surface area contributed by atoms with Crippen LogP contribution in [0.15, 0.2) is 24.3 Å². The summed E-state index contributed by atoms with van der Waals surface area (Å²) in [6.45, 7) is 2.66. The molecule has 0 bridgehead atoms. The van der Waals surface area contributed by atoms with Gasteiger partial charge in [0.1, 0.15) is 11.4 Å². The number of methoxy groups -OCH3 is 1. The van der Waals surface area contributed by atoms with Crippen molar-refractivity contribution in [2.24, 2.45) is 0 Å². The van der Waals surface area contributed by atoms with Crippen LogP contribution in [-0.4, -0.2) is 24.4 Å². The van der Waals surface area contributed by atoms with Gasteiger partial charge in [0, 0.05) is 32.1 Å². The molecule has 0 spiro atoms. The SMILES string of the molecule is COCCC1(C)C[C@H](O)c2ccccc2O1. The number of hydrogen-bond acceptors (Lipinski definition) is 3. The highest BCUT2D eigenvalue weighted by Gasteiger charge is 2.35. The minimum absolute atomic E-state index is 0.330. The van der Waals surface area contributed by atoms with Gasteiger partial charge in [-0.1, -0.05) is 18.2 Å². The minimum atomic E-state index is -0.438. The Hall–Kier alpha value is -1.06. The molecule has 3 heteroatoms. The normalized spacial score (nSPS) is 28.3. The first-order valence-corrected chi connectivity index (χ1v) is 5.59. The Kier molecular flexibility index (Phi) is 3.17. The maximum atomic E-state index is 10.1. The van der Waals surface area contributed by atoms with E-state index in [-0.39, 0.29) is 5.60 Å². The molecule has 1 aromatic rings. The second-order valence-electron chi connectivity index (χ2n) is 4.55. The Morgan fingerprint density at radius 2 is 2.25 bits per heavy atom. The van der Waals surface area contributed by atoms with E-state index in [1.165, 1.54) is 0 Å². The molecule has 1 heterocycles. The third-order valence-corrected chi connectivity index (χ3v) is 3.09. The highest BCUT2D eigenvalue weighted by Crippen LogP contribution is 2.40. The van der Waals surface area contributed by atoms with Crippen LogP contribution in [0.4, 0.5) is 0 Å². The number of benzene rings is 1. The van der Waals surface area contributed by atoms with Crippen molar-refractivity contribution in [1.29, 1.82) is 0 Å². The highest BCUT2D eigenvalue weighted by molar-refractivity contribution is 5.37. The van der Waals surface area contributed by atoms with E-state index in [1.807, 2.05) is 31.2 Å². The minimum Gasteiger partial charge on any atom is -0.487 e. The van der Waals surface area contributed by atoms with E-state index < -0.39 is 6.10 Å². The monoisotopic (exact) mass is 222 g/mol. The second kappa shape index (κ2) is 4.44. The van der Waals surface area contributed by atoms with E-state index in [1.54, 1.807) is 7.11 Å². The Morgan fingerprint density at radius 3 is 3.00 bits per heavy atom. The van der Waals surface area contributed by atoms with Crippen molar-refractivity contribution in [3.8, 4) is 5.75 Å². The first-order valence-electron chi connectivity index (χ1n) is 5.59. The summed E-state index contributed by atoms with van der Waals surface area (Å²) < 4.78 is 11.0. The van der Waals surface area contributed by atoms with E-state index in [4.69, 9.17) is 9.47 Å². The van der Waals surface area contributed by atoms with Crippen molar-refractivity contribution >= 4 is 0 Å². The highest BCUT2D eigenvalue weighted by atomic mass is 16.5. The summed E-state index contributed by atoms with van der Waals surface area (Å²) >= 11 is 0. The lowest BCUT2D eigenvalue weighted by atomic mass is 9.88. The molecule has 0 saturated heterocycles. The lowest BCUT2D eigenvalue weighted by Gasteiger charge is -2.38. The zero-order chi connectivity index (χ0) is 11.6. The van der Waals surface area contributed by atoms with Crippen molar-refractivity contribution in [3.05, 3.63) is 29.8 Å². The molecule has 0 fully saturated rings. The van der Waals surface area contributed by atoms with Crippen molar-refractivity contribution < 1.29 is 14.6 Å². The van der Waals surface area contributed by atoms with Crippen molar-refractivity contribution in [1.82, 2.24) is 0 Å². The molecular weight excluding hydrogens is 204 g/mol. The lowest BCUT2D eigenvalue weighted by Crippen LogP contribution is -2.39. The van der Waals surface area contributed by atoms with Crippen LogP contribution in [0.3, 0.4) is 0 Å². The van der Waals surface area contributed by atoms with Crippen LogP contribution in [0.25, 0.3) is 0 Å². The number of fused-ring (bicyclic) bond motifs is 1. The molecular formula is C13H18O3. The van der Waals surface area contributed by atoms with Gasteiger partial charge >= 0.3 is 0 Å². The fourth-order valence-corrected chi connectivity index (χ4v) is 2.15. The number of hydrogen-bond donors (Lipinski definition) is 1. The maximum absolute atomic E-state index is 10.1.